The second-order valence-corrected chi connectivity index (χ2v) is 6.60. The molecule has 6 nitrogen and oxygen atoms in total. The van der Waals surface area contributed by atoms with Crippen LogP contribution in [0.1, 0.15) is 10.4 Å². The van der Waals surface area contributed by atoms with Gasteiger partial charge in [-0.3, -0.25) is 9.78 Å². The number of halogens is 5. The molecule has 0 atom stereocenters. The van der Waals surface area contributed by atoms with Crippen molar-refractivity contribution in [1.82, 2.24) is 15.0 Å². The van der Waals surface area contributed by atoms with E-state index in [1.165, 1.54) is 24.3 Å². The Morgan fingerprint density at radius 1 is 0.697 bits per heavy atom. The van der Waals surface area contributed by atoms with Crippen LogP contribution in [0.3, 0.4) is 0 Å². The molecule has 0 saturated heterocycles. The smallest absolute Gasteiger partial charge is 0.261 e. The third-order valence-corrected chi connectivity index (χ3v) is 4.47. The van der Waals surface area contributed by atoms with Crippen molar-refractivity contribution in [3.8, 4) is 11.3 Å². The minimum absolute atomic E-state index is 0.0564. The van der Waals surface area contributed by atoms with E-state index < -0.39 is 40.6 Å². The largest absolute Gasteiger partial charge is 0.324 e. The van der Waals surface area contributed by atoms with Gasteiger partial charge in [-0.15, -0.1) is 0 Å². The van der Waals surface area contributed by atoms with Crippen molar-refractivity contribution in [1.29, 1.82) is 0 Å². The molecule has 2 aromatic heterocycles. The van der Waals surface area contributed by atoms with E-state index in [9.17, 15) is 26.7 Å². The number of carbonyl (C=O) groups is 1. The van der Waals surface area contributed by atoms with Crippen LogP contribution in [0.2, 0.25) is 0 Å². The Hall–Kier alpha value is -4.41. The third-order valence-electron chi connectivity index (χ3n) is 4.47. The summed E-state index contributed by atoms with van der Waals surface area (Å²) in [4.78, 5) is 24.6. The molecule has 166 valence electrons. The zero-order valence-electron chi connectivity index (χ0n) is 16.4. The first kappa shape index (κ1) is 21.8. The SMILES string of the molecule is O=C(Nc1ccc(Nc2nccc(-c3ccncc3)n2)cc1)c1c(F)c(F)c(F)c(F)c1F. The van der Waals surface area contributed by atoms with Gasteiger partial charge < -0.3 is 10.6 Å². The van der Waals surface area contributed by atoms with Crippen molar-refractivity contribution in [2.75, 3.05) is 10.6 Å². The van der Waals surface area contributed by atoms with E-state index in [-0.39, 0.29) is 11.6 Å². The quantitative estimate of drug-likeness (QED) is 0.244. The standard InChI is InChI=1S/C22H12F5N5O/c23-16-15(17(24)19(26)20(27)18(16)25)21(33)30-12-1-3-13(4-2-12)31-22-29-10-7-14(32-22)11-5-8-28-9-6-11/h1-10H,(H,30,33)(H,29,31,32). The van der Waals surface area contributed by atoms with Crippen LogP contribution >= 0.6 is 0 Å². The Kier molecular flexibility index (Phi) is 5.94. The van der Waals surface area contributed by atoms with Gasteiger partial charge in [-0.2, -0.15) is 0 Å². The molecule has 0 saturated carbocycles. The van der Waals surface area contributed by atoms with Crippen LogP contribution in [-0.4, -0.2) is 20.9 Å². The highest BCUT2D eigenvalue weighted by atomic mass is 19.2. The normalized spacial score (nSPS) is 10.7. The second-order valence-electron chi connectivity index (χ2n) is 6.60. The minimum atomic E-state index is -2.34. The Labute approximate surface area is 183 Å². The molecule has 11 heteroatoms. The maximum atomic E-state index is 13.8. The van der Waals surface area contributed by atoms with E-state index >= 15 is 0 Å². The van der Waals surface area contributed by atoms with E-state index in [0.29, 0.717) is 11.4 Å². The highest BCUT2D eigenvalue weighted by Crippen LogP contribution is 2.25. The Bertz CT molecular complexity index is 1300. The first-order chi connectivity index (χ1) is 15.8. The number of aromatic nitrogens is 3. The lowest BCUT2D eigenvalue weighted by Crippen LogP contribution is -2.19. The van der Waals surface area contributed by atoms with Crippen LogP contribution in [0, 0.1) is 29.1 Å². The van der Waals surface area contributed by atoms with E-state index in [2.05, 4.69) is 25.6 Å². The van der Waals surface area contributed by atoms with Crippen LogP contribution in [0.25, 0.3) is 11.3 Å². The highest BCUT2D eigenvalue weighted by Gasteiger charge is 2.29. The Morgan fingerprint density at radius 3 is 1.91 bits per heavy atom. The zero-order valence-corrected chi connectivity index (χ0v) is 16.4. The molecule has 0 aliphatic carbocycles. The number of carbonyl (C=O) groups excluding carboxylic acids is 1. The van der Waals surface area contributed by atoms with Gasteiger partial charge in [0, 0.05) is 35.5 Å². The third kappa shape index (κ3) is 4.47. The number of nitrogens with one attached hydrogen (secondary N) is 2. The molecule has 0 fully saturated rings. The molecule has 2 heterocycles. The summed E-state index contributed by atoms with van der Waals surface area (Å²) in [7, 11) is 0. The second kappa shape index (κ2) is 8.99. The number of hydrogen-bond donors (Lipinski definition) is 2. The molecule has 4 aromatic rings. The van der Waals surface area contributed by atoms with E-state index in [1.54, 1.807) is 36.8 Å². The fourth-order valence-corrected chi connectivity index (χ4v) is 2.87. The molecular weight excluding hydrogens is 445 g/mol. The lowest BCUT2D eigenvalue weighted by Gasteiger charge is -2.10. The summed E-state index contributed by atoms with van der Waals surface area (Å²) in [6, 6.07) is 11.0. The number of hydrogen-bond acceptors (Lipinski definition) is 5. The van der Waals surface area contributed by atoms with Crippen molar-refractivity contribution in [3.05, 3.63) is 95.7 Å². The predicted molar refractivity (Wildman–Crippen MR) is 109 cm³/mol. The number of pyridine rings is 1. The molecule has 0 radical (unpaired) electrons. The van der Waals surface area contributed by atoms with Crippen LogP contribution in [0.15, 0.2) is 61.1 Å². The molecular formula is C22H12F5N5O. The van der Waals surface area contributed by atoms with Crippen molar-refractivity contribution in [3.63, 3.8) is 0 Å². The molecule has 0 unspecified atom stereocenters. The summed E-state index contributed by atoms with van der Waals surface area (Å²) in [5.74, 6) is -12.4. The lowest BCUT2D eigenvalue weighted by molar-refractivity contribution is 0.101. The number of anilines is 3. The summed E-state index contributed by atoms with van der Waals surface area (Å²) in [6.07, 6.45) is 4.82. The molecule has 2 N–H and O–H groups in total. The van der Waals surface area contributed by atoms with E-state index in [0.717, 1.165) is 5.56 Å². The lowest BCUT2D eigenvalue weighted by atomic mass is 10.1. The average molecular weight is 457 g/mol. The monoisotopic (exact) mass is 457 g/mol. The summed E-state index contributed by atoms with van der Waals surface area (Å²) in [6.45, 7) is 0. The summed E-state index contributed by atoms with van der Waals surface area (Å²) < 4.78 is 67.4. The molecule has 2 aromatic carbocycles. The molecule has 1 amide bonds. The number of benzene rings is 2. The predicted octanol–water partition coefficient (Wildman–Crippen LogP) is 5.23. The zero-order chi connectivity index (χ0) is 23.5. The van der Waals surface area contributed by atoms with Gasteiger partial charge in [0.05, 0.1) is 5.69 Å². The maximum Gasteiger partial charge on any atom is 0.261 e. The summed E-state index contributed by atoms with van der Waals surface area (Å²) in [5.41, 5.74) is 0.482. The van der Waals surface area contributed by atoms with Crippen molar-refractivity contribution < 1.29 is 26.7 Å². The van der Waals surface area contributed by atoms with Gasteiger partial charge in [-0.1, -0.05) is 0 Å². The maximum absolute atomic E-state index is 13.8. The number of rotatable bonds is 5. The van der Waals surface area contributed by atoms with Gasteiger partial charge in [-0.05, 0) is 42.5 Å². The molecule has 0 bridgehead atoms. The molecule has 33 heavy (non-hydrogen) atoms. The van der Waals surface area contributed by atoms with Gasteiger partial charge >= 0.3 is 0 Å². The Balaban J connectivity index is 1.49. The Morgan fingerprint density at radius 2 is 1.27 bits per heavy atom. The first-order valence-corrected chi connectivity index (χ1v) is 9.28. The van der Waals surface area contributed by atoms with Crippen LogP contribution in [0.4, 0.5) is 39.3 Å². The van der Waals surface area contributed by atoms with Gasteiger partial charge in [0.1, 0.15) is 5.56 Å². The summed E-state index contributed by atoms with van der Waals surface area (Å²) in [5, 5.41) is 5.05. The fraction of sp³-hybridized carbons (Fsp3) is 0. The van der Waals surface area contributed by atoms with Gasteiger partial charge in [0.25, 0.3) is 5.91 Å². The van der Waals surface area contributed by atoms with Gasteiger partial charge in [0.15, 0.2) is 23.3 Å². The molecule has 4 rings (SSSR count). The minimum Gasteiger partial charge on any atom is -0.324 e. The van der Waals surface area contributed by atoms with Gasteiger partial charge in [0.2, 0.25) is 11.8 Å². The topological polar surface area (TPSA) is 79.8 Å². The summed E-state index contributed by atoms with van der Waals surface area (Å²) >= 11 is 0. The van der Waals surface area contributed by atoms with Crippen molar-refractivity contribution in [2.24, 2.45) is 0 Å². The first-order valence-electron chi connectivity index (χ1n) is 9.28. The number of nitrogens with zero attached hydrogens (tertiary/aromatic N) is 3. The van der Waals surface area contributed by atoms with Crippen molar-refractivity contribution in [2.45, 2.75) is 0 Å². The van der Waals surface area contributed by atoms with Crippen LogP contribution in [-0.2, 0) is 0 Å². The fourth-order valence-electron chi connectivity index (χ4n) is 2.87. The number of amides is 1. The van der Waals surface area contributed by atoms with Gasteiger partial charge in [-0.25, -0.2) is 31.9 Å². The van der Waals surface area contributed by atoms with Crippen LogP contribution < -0.4 is 10.6 Å². The van der Waals surface area contributed by atoms with E-state index in [1.807, 2.05) is 0 Å². The molecule has 0 spiro atoms. The van der Waals surface area contributed by atoms with Crippen molar-refractivity contribution >= 4 is 23.2 Å². The highest BCUT2D eigenvalue weighted by molar-refractivity contribution is 6.04. The van der Waals surface area contributed by atoms with E-state index in [4.69, 9.17) is 0 Å². The molecule has 0 aliphatic heterocycles. The van der Waals surface area contributed by atoms with Crippen LogP contribution in [0.5, 0.6) is 0 Å². The average Bonchev–Trinajstić information content (AvgIpc) is 2.83. The molecule has 0 aliphatic rings.